The Bertz CT molecular complexity index is 3120. The van der Waals surface area contributed by atoms with Gasteiger partial charge in [0.1, 0.15) is 5.52 Å². The summed E-state index contributed by atoms with van der Waals surface area (Å²) in [6.07, 6.45) is 0. The van der Waals surface area contributed by atoms with E-state index in [0.717, 1.165) is 22.0 Å². The van der Waals surface area contributed by atoms with E-state index < -0.39 is 0 Å². The summed E-state index contributed by atoms with van der Waals surface area (Å²) in [4.78, 5) is 4.96. The summed E-state index contributed by atoms with van der Waals surface area (Å²) in [5.74, 6) is 0.621. The highest BCUT2D eigenvalue weighted by Gasteiger charge is 2.36. The third-order valence-corrected chi connectivity index (χ3v) is 11.9. The summed E-state index contributed by atoms with van der Waals surface area (Å²) in [6, 6.07) is 68.2. The van der Waals surface area contributed by atoms with Gasteiger partial charge in [0.05, 0.1) is 0 Å². The Morgan fingerprint density at radius 3 is 1.62 bits per heavy atom. The molecule has 2 nitrogen and oxygen atoms in total. The van der Waals surface area contributed by atoms with Crippen LogP contribution in [0.5, 0.6) is 0 Å². The molecule has 1 aliphatic rings. The van der Waals surface area contributed by atoms with E-state index in [1.807, 2.05) is 24.3 Å². The van der Waals surface area contributed by atoms with Gasteiger partial charge in [-0.2, -0.15) is 0 Å². The number of fused-ring (bicyclic) bond motifs is 6. The molecule has 0 unspecified atom stereocenters. The van der Waals surface area contributed by atoms with Gasteiger partial charge >= 0.3 is 0 Å². The molecule has 0 spiro atoms. The molecule has 10 aromatic rings. The maximum Gasteiger partial charge on any atom is 0.227 e. The van der Waals surface area contributed by atoms with Gasteiger partial charge < -0.3 is 4.42 Å². The zero-order valence-corrected chi connectivity index (χ0v) is 31.3. The van der Waals surface area contributed by atoms with E-state index in [1.165, 1.54) is 82.9 Å². The average molecular weight is 716 g/mol. The van der Waals surface area contributed by atoms with Gasteiger partial charge in [0, 0.05) is 11.0 Å². The van der Waals surface area contributed by atoms with Crippen LogP contribution in [-0.4, -0.2) is 4.98 Å². The van der Waals surface area contributed by atoms with Gasteiger partial charge in [-0.1, -0.05) is 153 Å². The Labute approximate surface area is 326 Å². The molecule has 56 heavy (non-hydrogen) atoms. The largest absolute Gasteiger partial charge is 0.436 e. The van der Waals surface area contributed by atoms with Gasteiger partial charge in [-0.3, -0.25) is 0 Å². The van der Waals surface area contributed by atoms with Crippen molar-refractivity contribution in [1.29, 1.82) is 0 Å². The molecule has 0 fully saturated rings. The van der Waals surface area contributed by atoms with Crippen LogP contribution in [0.2, 0.25) is 0 Å². The van der Waals surface area contributed by atoms with Crippen molar-refractivity contribution < 1.29 is 4.42 Å². The minimum atomic E-state index is -0.161. The fourth-order valence-corrected chi connectivity index (χ4v) is 9.14. The molecule has 11 rings (SSSR count). The van der Waals surface area contributed by atoms with E-state index in [9.17, 15) is 0 Å². The van der Waals surface area contributed by atoms with Crippen LogP contribution in [-0.2, 0) is 5.41 Å². The highest BCUT2D eigenvalue weighted by atomic mass is 16.3. The molecular formula is C54H37NO. The molecule has 9 aromatic carbocycles. The fourth-order valence-electron chi connectivity index (χ4n) is 9.14. The Morgan fingerprint density at radius 2 is 0.929 bits per heavy atom. The Kier molecular flexibility index (Phi) is 7.24. The van der Waals surface area contributed by atoms with E-state index in [2.05, 4.69) is 178 Å². The van der Waals surface area contributed by atoms with E-state index in [-0.39, 0.29) is 5.41 Å². The molecule has 0 saturated carbocycles. The number of rotatable bonds is 5. The summed E-state index contributed by atoms with van der Waals surface area (Å²) in [7, 11) is 0. The van der Waals surface area contributed by atoms with E-state index >= 15 is 0 Å². The van der Waals surface area contributed by atoms with Gasteiger partial charge in [-0.05, 0) is 137 Å². The lowest BCUT2D eigenvalue weighted by molar-refractivity contribution is 0.620. The quantitative estimate of drug-likeness (QED) is 0.166. The van der Waals surface area contributed by atoms with Crippen molar-refractivity contribution in [3.05, 3.63) is 199 Å². The van der Waals surface area contributed by atoms with Crippen molar-refractivity contribution in [2.24, 2.45) is 0 Å². The van der Waals surface area contributed by atoms with E-state index in [0.29, 0.717) is 5.89 Å². The van der Waals surface area contributed by atoms with Crippen molar-refractivity contribution in [1.82, 2.24) is 4.98 Å². The highest BCUT2D eigenvalue weighted by molar-refractivity contribution is 6.23. The number of benzene rings is 9. The third-order valence-electron chi connectivity index (χ3n) is 11.9. The molecule has 0 bridgehead atoms. The molecular weight excluding hydrogens is 679 g/mol. The summed E-state index contributed by atoms with van der Waals surface area (Å²) in [6.45, 7) is 4.74. The summed E-state index contributed by atoms with van der Waals surface area (Å²) >= 11 is 0. The van der Waals surface area contributed by atoms with Crippen LogP contribution in [0.3, 0.4) is 0 Å². The molecule has 2 heteroatoms. The van der Waals surface area contributed by atoms with Gasteiger partial charge in [-0.15, -0.1) is 0 Å². The predicted molar refractivity (Wildman–Crippen MR) is 234 cm³/mol. The summed E-state index contributed by atoms with van der Waals surface area (Å²) < 4.78 is 6.41. The SMILES string of the molecule is CC1(C)c2ccccc2-c2cc3c(-c4cccc(-c5ccccc5)c4)c4ccc(-c5nc6ccccc6o5)cc4c(-c4cccc(-c5ccccc5)c4)c3cc21. The highest BCUT2D eigenvalue weighted by Crippen LogP contribution is 2.53. The van der Waals surface area contributed by atoms with Crippen molar-refractivity contribution in [2.75, 3.05) is 0 Å². The first-order valence-electron chi connectivity index (χ1n) is 19.4. The average Bonchev–Trinajstić information content (AvgIpc) is 3.79. The number of nitrogens with zero attached hydrogens (tertiary/aromatic N) is 1. The Hall–Kier alpha value is -7.03. The third kappa shape index (κ3) is 5.07. The zero-order valence-electron chi connectivity index (χ0n) is 31.3. The monoisotopic (exact) mass is 715 g/mol. The normalized spacial score (nSPS) is 13.0. The standard InChI is InChI=1S/C54H37NO/c1-54(2)47-24-10-9-23-41(47)43-32-45-46(33-48(43)54)52(39-22-14-20-37(30-39)35-17-7-4-8-18-35)44-31-40(53-55-49-25-11-12-26-50(49)56-53)27-28-42(44)51(45)38-21-13-19-36(29-38)34-15-5-3-6-16-34/h3-33H,1-2H3. The molecule has 1 aromatic heterocycles. The topological polar surface area (TPSA) is 26.0 Å². The molecule has 0 atom stereocenters. The lowest BCUT2D eigenvalue weighted by Crippen LogP contribution is -2.14. The number of hydrogen-bond acceptors (Lipinski definition) is 2. The van der Waals surface area contributed by atoms with Crippen LogP contribution < -0.4 is 0 Å². The maximum absolute atomic E-state index is 6.41. The fraction of sp³-hybridized carbons (Fsp3) is 0.0556. The van der Waals surface area contributed by atoms with Gasteiger partial charge in [0.2, 0.25) is 5.89 Å². The second kappa shape index (κ2) is 12.5. The van der Waals surface area contributed by atoms with Crippen molar-refractivity contribution in [3.63, 3.8) is 0 Å². The summed E-state index contributed by atoms with van der Waals surface area (Å²) in [5, 5.41) is 4.82. The Morgan fingerprint density at radius 1 is 0.375 bits per heavy atom. The molecule has 0 radical (unpaired) electrons. The second-order valence-corrected chi connectivity index (χ2v) is 15.5. The smallest absolute Gasteiger partial charge is 0.227 e. The second-order valence-electron chi connectivity index (χ2n) is 15.5. The van der Waals surface area contributed by atoms with Crippen molar-refractivity contribution in [2.45, 2.75) is 19.3 Å². The van der Waals surface area contributed by atoms with Crippen LogP contribution in [0.4, 0.5) is 0 Å². The van der Waals surface area contributed by atoms with E-state index in [1.54, 1.807) is 0 Å². The van der Waals surface area contributed by atoms with Gasteiger partial charge in [-0.25, -0.2) is 4.98 Å². The zero-order chi connectivity index (χ0) is 37.4. The predicted octanol–water partition coefficient (Wildman–Crippen LogP) is 14.8. The van der Waals surface area contributed by atoms with Crippen LogP contribution in [0.15, 0.2) is 192 Å². The lowest BCUT2D eigenvalue weighted by Gasteiger charge is -2.24. The molecule has 264 valence electrons. The van der Waals surface area contributed by atoms with Crippen molar-refractivity contribution >= 4 is 32.6 Å². The van der Waals surface area contributed by atoms with Gasteiger partial charge in [0.15, 0.2) is 5.58 Å². The van der Waals surface area contributed by atoms with Gasteiger partial charge in [0.25, 0.3) is 0 Å². The minimum absolute atomic E-state index is 0.161. The molecule has 0 aliphatic heterocycles. The van der Waals surface area contributed by atoms with E-state index in [4.69, 9.17) is 9.40 Å². The Balaban J connectivity index is 1.28. The van der Waals surface area contributed by atoms with Crippen molar-refractivity contribution in [3.8, 4) is 67.1 Å². The first-order chi connectivity index (χ1) is 27.5. The molecule has 1 aliphatic carbocycles. The first-order valence-corrected chi connectivity index (χ1v) is 19.4. The summed E-state index contributed by atoms with van der Waals surface area (Å²) in [5.41, 5.74) is 17.4. The number of para-hydroxylation sites is 2. The molecule has 0 amide bonds. The number of aromatic nitrogens is 1. The van der Waals surface area contributed by atoms with Crippen LogP contribution in [0.1, 0.15) is 25.0 Å². The minimum Gasteiger partial charge on any atom is -0.436 e. The molecule has 1 heterocycles. The first kappa shape index (κ1) is 32.4. The van der Waals surface area contributed by atoms with Crippen LogP contribution in [0.25, 0.3) is 99.7 Å². The number of hydrogen-bond donors (Lipinski definition) is 0. The maximum atomic E-state index is 6.41. The van der Waals surface area contributed by atoms with Crippen LogP contribution >= 0.6 is 0 Å². The van der Waals surface area contributed by atoms with Crippen LogP contribution in [0, 0.1) is 0 Å². The number of oxazole rings is 1. The molecule has 0 N–H and O–H groups in total. The lowest BCUT2D eigenvalue weighted by atomic mass is 9.79. The molecule has 0 saturated heterocycles.